The lowest BCUT2D eigenvalue weighted by atomic mass is 9.68. The lowest BCUT2D eigenvalue weighted by Gasteiger charge is -2.45. The van der Waals surface area contributed by atoms with Crippen LogP contribution in [-0.2, 0) is 19.1 Å². The summed E-state index contributed by atoms with van der Waals surface area (Å²) in [5, 5.41) is 7.12. The molecule has 74 heavy (non-hydrogen) atoms. The molecule has 7 atom stereocenters. The predicted molar refractivity (Wildman–Crippen MR) is 278 cm³/mol. The van der Waals surface area contributed by atoms with Gasteiger partial charge in [0, 0.05) is 43.8 Å². The van der Waals surface area contributed by atoms with Gasteiger partial charge in [-0.05, 0) is 118 Å². The number of amides is 4. The molecule has 6 heterocycles. The normalized spacial score (nSPS) is 24.5. The van der Waals surface area contributed by atoms with Crippen molar-refractivity contribution in [2.24, 2.45) is 23.2 Å². The highest BCUT2D eigenvalue weighted by Gasteiger charge is 2.43. The van der Waals surface area contributed by atoms with Crippen molar-refractivity contribution in [3.05, 3.63) is 69.9 Å². The summed E-state index contributed by atoms with van der Waals surface area (Å²) in [5.41, 5.74) is 3.37. The Hall–Kier alpha value is -6.20. The van der Waals surface area contributed by atoms with E-state index in [1.54, 1.807) is 17.0 Å². The number of ether oxygens (including phenoxy) is 2. The highest BCUT2D eigenvalue weighted by atomic mass is 19.1. The van der Waals surface area contributed by atoms with E-state index in [1.165, 1.54) is 46.3 Å². The molecule has 6 aliphatic rings. The zero-order valence-corrected chi connectivity index (χ0v) is 43.9. The summed E-state index contributed by atoms with van der Waals surface area (Å²) in [4.78, 5) is 77.4. The molecule has 0 radical (unpaired) electrons. The molecule has 4 aliphatic heterocycles. The summed E-state index contributed by atoms with van der Waals surface area (Å²) < 4.78 is 43.4. The van der Waals surface area contributed by atoms with Gasteiger partial charge in [-0.3, -0.25) is 9.59 Å². The van der Waals surface area contributed by atoms with Crippen LogP contribution < -0.4 is 31.1 Å². The molecule has 10 rings (SSSR count). The molecule has 4 saturated heterocycles. The van der Waals surface area contributed by atoms with Gasteiger partial charge in [-0.15, -0.1) is 0 Å². The van der Waals surface area contributed by atoms with E-state index in [4.69, 9.17) is 19.4 Å². The maximum absolute atomic E-state index is 16.9. The molecule has 0 bridgehead atoms. The molecule has 2 aromatic heterocycles. The second-order valence-electron chi connectivity index (χ2n) is 22.6. The Balaban J connectivity index is 0.956. The molecule has 1 saturated carbocycles. The number of fused-ring (bicyclic) bond motifs is 2. The van der Waals surface area contributed by atoms with E-state index in [9.17, 15) is 19.2 Å². The fourth-order valence-electron chi connectivity index (χ4n) is 13.4. The molecular weight excluding hydrogens is 947 g/mol. The van der Waals surface area contributed by atoms with E-state index in [2.05, 4.69) is 49.8 Å². The molecule has 398 valence electrons. The van der Waals surface area contributed by atoms with Crippen LogP contribution in [0.5, 0.6) is 0 Å². The van der Waals surface area contributed by atoms with Gasteiger partial charge in [0.25, 0.3) is 0 Å². The second kappa shape index (κ2) is 21.2. The number of nitrogens with zero attached hydrogens (tertiary/aromatic N) is 6. The zero-order chi connectivity index (χ0) is 52.0. The number of rotatable bonds is 12. The number of aromatic nitrogens is 4. The van der Waals surface area contributed by atoms with Gasteiger partial charge in [0.2, 0.25) is 11.8 Å². The number of H-pyrrole nitrogens is 2. The molecule has 4 N–H and O–H groups in total. The average Bonchev–Trinajstić information content (AvgIpc) is 4.26. The number of alkyl carbamates (subject to hydrolysis) is 2. The van der Waals surface area contributed by atoms with Gasteiger partial charge < -0.3 is 49.7 Å². The molecule has 5 fully saturated rings. The molecule has 1 spiro atoms. The third-order valence-electron chi connectivity index (χ3n) is 17.4. The minimum atomic E-state index is -0.757. The number of carbonyl (C=O) groups is 4. The monoisotopic (exact) mass is 1020 g/mol. The quantitative estimate of drug-likeness (QED) is 0.108. The lowest BCUT2D eigenvalue weighted by Crippen LogP contribution is -2.51. The largest absolute Gasteiger partial charge is 0.453 e. The van der Waals surface area contributed by atoms with Crippen molar-refractivity contribution < 1.29 is 37.4 Å². The van der Waals surface area contributed by atoms with Crippen LogP contribution in [-0.4, -0.2) is 112 Å². The van der Waals surface area contributed by atoms with Gasteiger partial charge in [0.15, 0.2) is 11.6 Å². The minimum absolute atomic E-state index is 0.0482. The molecule has 2 aromatic carbocycles. The van der Waals surface area contributed by atoms with Crippen LogP contribution >= 0.6 is 0 Å². The highest BCUT2D eigenvalue weighted by molar-refractivity contribution is 5.87. The summed E-state index contributed by atoms with van der Waals surface area (Å²) in [5.74, 6) is -0.474. The first-order valence-corrected chi connectivity index (χ1v) is 27.3. The number of hydrogen-bond acceptors (Lipinski definition) is 10. The van der Waals surface area contributed by atoms with Gasteiger partial charge in [-0.1, -0.05) is 65.2 Å². The van der Waals surface area contributed by atoms with E-state index < -0.39 is 35.9 Å². The topological polar surface area (TPSA) is 181 Å². The number of methoxy groups -OCH3 is 2. The Morgan fingerprint density at radius 1 is 0.703 bits per heavy atom. The Morgan fingerprint density at radius 2 is 1.30 bits per heavy atom. The van der Waals surface area contributed by atoms with Crippen molar-refractivity contribution in [1.82, 2.24) is 40.4 Å². The minimum Gasteiger partial charge on any atom is -0.453 e. The van der Waals surface area contributed by atoms with Crippen LogP contribution in [0.15, 0.2) is 30.3 Å². The van der Waals surface area contributed by atoms with Crippen molar-refractivity contribution in [3.8, 4) is 0 Å². The summed E-state index contributed by atoms with van der Waals surface area (Å²) in [6, 6.07) is 6.74. The second-order valence-corrected chi connectivity index (χ2v) is 22.6. The van der Waals surface area contributed by atoms with Crippen molar-refractivity contribution in [2.75, 3.05) is 50.2 Å². The maximum Gasteiger partial charge on any atom is 0.407 e. The van der Waals surface area contributed by atoms with E-state index in [0.29, 0.717) is 61.8 Å². The number of imidazole rings is 2. The Bertz CT molecular complexity index is 2850. The number of halogens is 2. The first-order valence-electron chi connectivity index (χ1n) is 27.3. The number of benzene rings is 2. The third kappa shape index (κ3) is 9.93. The molecular formula is C56H74F2N10O6. The lowest BCUT2D eigenvalue weighted by molar-refractivity contribution is -0.136. The summed E-state index contributed by atoms with van der Waals surface area (Å²) in [6.45, 7) is 9.93. The number of aromatic amines is 2. The standard InChI is InChI=1S/C56H74F2N10O6/c1-32(2)47(63-54(71)73-5)52(69)66-24-10-12-45(66)50-59-39-16-14-34(28-41(39)61-50)43-18-19-44(68(43)36-30-37(57)49(38(58)31-36)65-26-22-56(23-27-65)20-8-7-9-21-56)35-15-17-40-42(29-35)62-51(60-40)46-13-11-25-67(46)53(70)48(33(3)4)64-55(72)74-6/h14,16-17,28-33,35,43-48H,7-13,15,18-27H2,1-6H3,(H,59,61)(H,60,62)(H,63,71)(H,64,72)/t35?,43-,44-,45+,46+,47+,48+/m1/s1. The molecule has 2 aliphatic carbocycles. The average molecular weight is 1020 g/mol. The van der Waals surface area contributed by atoms with Crippen LogP contribution in [0.25, 0.3) is 23.2 Å². The molecule has 1 unspecified atom stereocenters. The number of likely N-dealkylation sites (tertiary alicyclic amines) is 2. The van der Waals surface area contributed by atoms with Crippen LogP contribution in [0.3, 0.4) is 0 Å². The summed E-state index contributed by atoms with van der Waals surface area (Å²) >= 11 is 0. The molecule has 4 amide bonds. The summed E-state index contributed by atoms with van der Waals surface area (Å²) in [7, 11) is 2.57. The molecule has 16 nitrogen and oxygen atoms in total. The van der Waals surface area contributed by atoms with Crippen molar-refractivity contribution in [2.45, 2.75) is 154 Å². The van der Waals surface area contributed by atoms with E-state index in [-0.39, 0.29) is 59.4 Å². The number of piperidine rings is 1. The molecule has 4 aromatic rings. The van der Waals surface area contributed by atoms with Crippen molar-refractivity contribution in [1.29, 1.82) is 0 Å². The van der Waals surface area contributed by atoms with Crippen LogP contribution in [0.4, 0.5) is 29.7 Å². The number of anilines is 2. The summed E-state index contributed by atoms with van der Waals surface area (Å²) in [6.07, 6.45) is 16.2. The van der Waals surface area contributed by atoms with E-state index in [1.807, 2.05) is 43.6 Å². The number of hydrogen-bond donors (Lipinski definition) is 4. The Kier molecular flexibility index (Phi) is 14.7. The Morgan fingerprint density at radius 3 is 1.88 bits per heavy atom. The highest BCUT2D eigenvalue weighted by Crippen LogP contribution is 2.48. The van der Waals surface area contributed by atoms with Gasteiger partial charge in [0.1, 0.15) is 29.4 Å². The van der Waals surface area contributed by atoms with Gasteiger partial charge in [-0.2, -0.15) is 0 Å². The maximum atomic E-state index is 16.9. The number of nitrogens with one attached hydrogen (secondary N) is 4. The fourth-order valence-corrected chi connectivity index (χ4v) is 13.4. The van der Waals surface area contributed by atoms with Crippen molar-refractivity contribution in [3.63, 3.8) is 0 Å². The first kappa shape index (κ1) is 51.3. The van der Waals surface area contributed by atoms with Gasteiger partial charge in [0.05, 0.1) is 54.1 Å². The zero-order valence-electron chi connectivity index (χ0n) is 43.9. The van der Waals surface area contributed by atoms with E-state index in [0.717, 1.165) is 72.2 Å². The van der Waals surface area contributed by atoms with E-state index >= 15 is 8.78 Å². The SMILES string of the molecule is COC(=O)N[C@H](C(=O)N1CCC[C@H]1c1nc2c([nH]1)=CC([C@H]1CC[C@H](c3ccc4nc([C@@H]5CCCN5C(=O)[C@@H](NC(=O)OC)C(C)C)[nH]c4c3)N1c1cc(F)c(N3CCC4(CCCCC4)CC3)c(F)c1)CC=2)C(C)C. The third-order valence-corrected chi connectivity index (χ3v) is 17.4. The first-order chi connectivity index (χ1) is 35.6. The Labute approximate surface area is 432 Å². The fraction of sp³-hybridized carbons (Fsp3) is 0.607. The number of carbonyl (C=O) groups excluding carboxylic acids is 4. The van der Waals surface area contributed by atoms with Crippen LogP contribution in [0.1, 0.15) is 153 Å². The van der Waals surface area contributed by atoms with Gasteiger partial charge >= 0.3 is 12.2 Å². The van der Waals surface area contributed by atoms with Gasteiger partial charge in [-0.25, -0.2) is 28.3 Å². The predicted octanol–water partition coefficient (Wildman–Crippen LogP) is 8.19. The smallest absolute Gasteiger partial charge is 0.407 e. The molecule has 18 heteroatoms. The van der Waals surface area contributed by atoms with Crippen LogP contribution in [0.2, 0.25) is 0 Å². The van der Waals surface area contributed by atoms with Crippen LogP contribution in [0, 0.1) is 34.8 Å². The van der Waals surface area contributed by atoms with Crippen molar-refractivity contribution >= 4 is 58.6 Å².